The molecular formula is C27H48N3O2+. The quantitative estimate of drug-likeness (QED) is 0.242. The van der Waals surface area contributed by atoms with Gasteiger partial charge in [0.25, 0.3) is 0 Å². The van der Waals surface area contributed by atoms with Gasteiger partial charge in [-0.25, -0.2) is 0 Å². The molecule has 182 valence electrons. The van der Waals surface area contributed by atoms with Crippen molar-refractivity contribution >= 4 is 0 Å². The van der Waals surface area contributed by atoms with E-state index < -0.39 is 0 Å². The molecule has 0 saturated carbocycles. The van der Waals surface area contributed by atoms with Crippen LogP contribution in [0.4, 0.5) is 0 Å². The van der Waals surface area contributed by atoms with Gasteiger partial charge in [-0.1, -0.05) is 44.2 Å². The van der Waals surface area contributed by atoms with Gasteiger partial charge in [0.1, 0.15) is 6.10 Å². The summed E-state index contributed by atoms with van der Waals surface area (Å²) in [7, 11) is 4.54. The van der Waals surface area contributed by atoms with E-state index in [-0.39, 0.29) is 17.2 Å². The Kier molecular flexibility index (Phi) is 9.35. The highest BCUT2D eigenvalue weighted by molar-refractivity contribution is 5.29. The Morgan fingerprint density at radius 2 is 1.75 bits per heavy atom. The highest BCUT2D eigenvalue weighted by Gasteiger charge is 2.49. The van der Waals surface area contributed by atoms with Crippen LogP contribution in [0.15, 0.2) is 41.6 Å². The number of hydrogen-bond donors (Lipinski definition) is 1. The van der Waals surface area contributed by atoms with Gasteiger partial charge in [0, 0.05) is 24.1 Å². The van der Waals surface area contributed by atoms with E-state index in [1.165, 1.54) is 16.8 Å². The Balaban J connectivity index is 2.17. The first kappa shape index (κ1) is 26.8. The Hall–Kier alpha value is -1.40. The van der Waals surface area contributed by atoms with Crippen LogP contribution in [-0.4, -0.2) is 54.4 Å². The molecule has 0 fully saturated rings. The molecule has 0 bridgehead atoms. The van der Waals surface area contributed by atoms with Crippen molar-refractivity contribution in [2.75, 3.05) is 33.8 Å². The third-order valence-electron chi connectivity index (χ3n) is 7.80. The standard InChI is InChI=1S/C27H48N3O2/c1-10-26(6)21-25(28-31-20-16-19-30(8,9)12-3)22(4)27(7,11-2)29(26)32-23(5)24-17-14-13-15-18-24/h13-15,17-18,23,28H,10-12,16,19-21H2,1-9H3/q+1. The van der Waals surface area contributed by atoms with Gasteiger partial charge < -0.3 is 4.48 Å². The number of nitrogens with one attached hydrogen (secondary N) is 1. The van der Waals surface area contributed by atoms with Crippen LogP contribution in [0.25, 0.3) is 0 Å². The summed E-state index contributed by atoms with van der Waals surface area (Å²) >= 11 is 0. The van der Waals surface area contributed by atoms with Crippen LogP contribution in [0, 0.1) is 0 Å². The van der Waals surface area contributed by atoms with Crippen LogP contribution < -0.4 is 5.48 Å². The lowest BCUT2D eigenvalue weighted by Gasteiger charge is -2.55. The Bertz CT molecular complexity index is 749. The Labute approximate surface area is 197 Å². The minimum atomic E-state index is -0.209. The van der Waals surface area contributed by atoms with Crippen LogP contribution in [-0.2, 0) is 9.68 Å². The van der Waals surface area contributed by atoms with Crippen LogP contribution in [0.5, 0.6) is 0 Å². The SMILES string of the molecule is CCC1(C)CC(NOCCC[N+](C)(C)CC)=C(C)C(C)(CC)N1OC(C)c1ccccc1. The van der Waals surface area contributed by atoms with Crippen LogP contribution in [0.2, 0.25) is 0 Å². The summed E-state index contributed by atoms with van der Waals surface area (Å²) in [5, 5.41) is 2.29. The molecule has 1 aromatic rings. The fourth-order valence-corrected chi connectivity index (χ4v) is 4.50. The Morgan fingerprint density at radius 3 is 2.31 bits per heavy atom. The molecule has 0 amide bonds. The fourth-order valence-electron chi connectivity index (χ4n) is 4.50. The van der Waals surface area contributed by atoms with Crippen molar-refractivity contribution in [2.45, 2.75) is 91.3 Å². The average molecular weight is 447 g/mol. The monoisotopic (exact) mass is 446 g/mol. The van der Waals surface area contributed by atoms with E-state index in [1.54, 1.807) is 0 Å². The lowest BCUT2D eigenvalue weighted by atomic mass is 9.76. The predicted molar refractivity (Wildman–Crippen MR) is 134 cm³/mol. The number of nitrogens with zero attached hydrogens (tertiary/aromatic N) is 2. The van der Waals surface area contributed by atoms with Crippen LogP contribution >= 0.6 is 0 Å². The van der Waals surface area contributed by atoms with Crippen molar-refractivity contribution in [3.05, 3.63) is 47.2 Å². The summed E-state index contributed by atoms with van der Waals surface area (Å²) in [6, 6.07) is 10.5. The third kappa shape index (κ3) is 6.13. The van der Waals surface area contributed by atoms with Gasteiger partial charge in [-0.2, -0.15) is 5.06 Å². The molecule has 5 heteroatoms. The summed E-state index contributed by atoms with van der Waals surface area (Å²) in [5.74, 6) is 0. The smallest absolute Gasteiger partial charge is 0.102 e. The molecule has 2 rings (SSSR count). The second-order valence-corrected chi connectivity index (χ2v) is 10.5. The average Bonchev–Trinajstić information content (AvgIpc) is 2.80. The van der Waals surface area contributed by atoms with Gasteiger partial charge >= 0.3 is 0 Å². The minimum absolute atomic E-state index is 0.00782. The first-order valence-electron chi connectivity index (χ1n) is 12.4. The number of hydroxylamine groups is 3. The van der Waals surface area contributed by atoms with Crippen molar-refractivity contribution in [2.24, 2.45) is 0 Å². The van der Waals surface area contributed by atoms with E-state index in [1.807, 2.05) is 0 Å². The minimum Gasteiger partial charge on any atom is -0.329 e. The number of rotatable bonds is 12. The highest BCUT2D eigenvalue weighted by Crippen LogP contribution is 2.46. The maximum atomic E-state index is 6.73. The summed E-state index contributed by atoms with van der Waals surface area (Å²) in [5.41, 5.74) is 6.72. The van der Waals surface area contributed by atoms with E-state index in [4.69, 9.17) is 9.68 Å². The molecule has 1 heterocycles. The molecule has 0 aliphatic carbocycles. The van der Waals surface area contributed by atoms with Gasteiger partial charge in [-0.3, -0.25) is 15.2 Å². The maximum absolute atomic E-state index is 6.73. The maximum Gasteiger partial charge on any atom is 0.102 e. The van der Waals surface area contributed by atoms with Gasteiger partial charge in [0.15, 0.2) is 0 Å². The second kappa shape index (κ2) is 11.1. The van der Waals surface area contributed by atoms with Crippen molar-refractivity contribution in [1.29, 1.82) is 0 Å². The van der Waals surface area contributed by atoms with E-state index in [2.05, 4.69) is 103 Å². The molecule has 1 aromatic carbocycles. The topological polar surface area (TPSA) is 33.7 Å². The second-order valence-electron chi connectivity index (χ2n) is 10.5. The number of hydrogen-bond acceptors (Lipinski definition) is 4. The molecule has 5 nitrogen and oxygen atoms in total. The number of benzene rings is 1. The Morgan fingerprint density at radius 1 is 1.09 bits per heavy atom. The van der Waals surface area contributed by atoms with Crippen molar-refractivity contribution in [1.82, 2.24) is 10.5 Å². The lowest BCUT2D eigenvalue weighted by Crippen LogP contribution is -2.62. The van der Waals surface area contributed by atoms with Crippen molar-refractivity contribution < 1.29 is 14.2 Å². The molecule has 3 atom stereocenters. The molecule has 0 spiro atoms. The summed E-state index contributed by atoms with van der Waals surface area (Å²) in [4.78, 5) is 12.7. The van der Waals surface area contributed by atoms with Gasteiger partial charge in [-0.05, 0) is 58.6 Å². The molecule has 0 radical (unpaired) electrons. The summed E-state index contributed by atoms with van der Waals surface area (Å²) < 4.78 is 1.03. The zero-order chi connectivity index (χ0) is 24.0. The first-order valence-corrected chi connectivity index (χ1v) is 12.4. The highest BCUT2D eigenvalue weighted by atomic mass is 16.7. The molecule has 0 aromatic heterocycles. The van der Waals surface area contributed by atoms with Gasteiger partial charge in [0.2, 0.25) is 0 Å². The normalized spacial score (nSPS) is 25.8. The molecular weight excluding hydrogens is 398 g/mol. The van der Waals surface area contributed by atoms with E-state index in [0.29, 0.717) is 0 Å². The fraction of sp³-hybridized carbons (Fsp3) is 0.704. The van der Waals surface area contributed by atoms with E-state index in [9.17, 15) is 0 Å². The van der Waals surface area contributed by atoms with Crippen LogP contribution in [0.1, 0.15) is 85.8 Å². The molecule has 1 N–H and O–H groups in total. The summed E-state index contributed by atoms with van der Waals surface area (Å²) in [6.07, 6.45) is 3.86. The first-order chi connectivity index (χ1) is 15.0. The van der Waals surface area contributed by atoms with Gasteiger partial charge in [0.05, 0.1) is 39.3 Å². The molecule has 1 aliphatic heterocycles. The zero-order valence-electron chi connectivity index (χ0n) is 22.1. The third-order valence-corrected chi connectivity index (χ3v) is 7.80. The van der Waals surface area contributed by atoms with Crippen molar-refractivity contribution in [3.8, 4) is 0 Å². The molecule has 32 heavy (non-hydrogen) atoms. The van der Waals surface area contributed by atoms with Crippen molar-refractivity contribution in [3.63, 3.8) is 0 Å². The molecule has 3 unspecified atom stereocenters. The predicted octanol–water partition coefficient (Wildman–Crippen LogP) is 6.00. The number of quaternary nitrogens is 1. The van der Waals surface area contributed by atoms with E-state index in [0.717, 1.165) is 49.9 Å². The van der Waals surface area contributed by atoms with Crippen LogP contribution in [0.3, 0.4) is 0 Å². The molecule has 0 saturated heterocycles. The molecule has 1 aliphatic rings. The zero-order valence-corrected chi connectivity index (χ0v) is 22.1. The lowest BCUT2D eigenvalue weighted by molar-refractivity contribution is -0.888. The van der Waals surface area contributed by atoms with E-state index >= 15 is 0 Å². The van der Waals surface area contributed by atoms with Gasteiger partial charge in [-0.15, -0.1) is 0 Å². The largest absolute Gasteiger partial charge is 0.329 e. The summed E-state index contributed by atoms with van der Waals surface area (Å²) in [6.45, 7) is 18.7.